The SMILES string of the molecule is COc1cc2c(cc1OC)C1NC(=O)c3cc(Br)ccc3N1C=N2. The van der Waals surface area contributed by atoms with Crippen molar-refractivity contribution in [2.45, 2.75) is 6.17 Å². The van der Waals surface area contributed by atoms with Crippen molar-refractivity contribution in [1.29, 1.82) is 0 Å². The van der Waals surface area contributed by atoms with Gasteiger partial charge in [-0.25, -0.2) is 4.99 Å². The van der Waals surface area contributed by atoms with E-state index in [-0.39, 0.29) is 12.1 Å². The fourth-order valence-corrected chi connectivity index (χ4v) is 3.38. The van der Waals surface area contributed by atoms with Crippen LogP contribution in [0.15, 0.2) is 39.8 Å². The highest BCUT2D eigenvalue weighted by Crippen LogP contribution is 2.43. The first-order valence-corrected chi connectivity index (χ1v) is 8.10. The van der Waals surface area contributed by atoms with Crippen molar-refractivity contribution in [3.05, 3.63) is 45.9 Å². The molecule has 24 heavy (non-hydrogen) atoms. The number of halogens is 1. The van der Waals surface area contributed by atoms with Gasteiger partial charge < -0.3 is 19.7 Å². The Morgan fingerprint density at radius 1 is 1.17 bits per heavy atom. The van der Waals surface area contributed by atoms with Gasteiger partial charge in [-0.2, -0.15) is 0 Å². The number of carbonyl (C=O) groups is 1. The molecular weight excluding hydrogens is 374 g/mol. The molecule has 1 amide bonds. The van der Waals surface area contributed by atoms with Crippen LogP contribution in [-0.4, -0.2) is 26.5 Å². The molecule has 122 valence electrons. The van der Waals surface area contributed by atoms with E-state index in [2.05, 4.69) is 26.2 Å². The van der Waals surface area contributed by atoms with E-state index in [9.17, 15) is 4.79 Å². The number of anilines is 1. The van der Waals surface area contributed by atoms with Gasteiger partial charge in [0.05, 0.1) is 37.5 Å². The number of nitrogens with one attached hydrogen (secondary N) is 1. The van der Waals surface area contributed by atoms with Crippen LogP contribution in [0.1, 0.15) is 22.1 Å². The van der Waals surface area contributed by atoms with E-state index >= 15 is 0 Å². The fraction of sp³-hybridized carbons (Fsp3) is 0.176. The number of rotatable bonds is 2. The maximum Gasteiger partial charge on any atom is 0.255 e. The summed E-state index contributed by atoms with van der Waals surface area (Å²) in [5.74, 6) is 1.08. The number of fused-ring (bicyclic) bond motifs is 5. The molecule has 0 aromatic heterocycles. The Kier molecular flexibility index (Phi) is 3.45. The predicted molar refractivity (Wildman–Crippen MR) is 94.5 cm³/mol. The Morgan fingerprint density at radius 3 is 2.67 bits per heavy atom. The number of methoxy groups -OCH3 is 2. The molecule has 0 saturated carbocycles. The van der Waals surface area contributed by atoms with E-state index in [1.54, 1.807) is 26.6 Å². The zero-order valence-electron chi connectivity index (χ0n) is 13.0. The van der Waals surface area contributed by atoms with Crippen LogP contribution in [0.5, 0.6) is 11.5 Å². The molecule has 1 unspecified atom stereocenters. The number of aliphatic imine (C=N–C) groups is 1. The third-order valence-electron chi connectivity index (χ3n) is 4.18. The lowest BCUT2D eigenvalue weighted by Crippen LogP contribution is -2.47. The van der Waals surface area contributed by atoms with E-state index in [1.807, 2.05) is 29.2 Å². The van der Waals surface area contributed by atoms with Crippen LogP contribution in [-0.2, 0) is 0 Å². The van der Waals surface area contributed by atoms with Gasteiger partial charge in [-0.3, -0.25) is 4.79 Å². The van der Waals surface area contributed by atoms with E-state index in [0.29, 0.717) is 17.1 Å². The molecule has 4 rings (SSSR count). The molecule has 1 N–H and O–H groups in total. The number of carbonyl (C=O) groups excluding carboxylic acids is 1. The van der Waals surface area contributed by atoms with E-state index in [4.69, 9.17) is 9.47 Å². The van der Waals surface area contributed by atoms with E-state index in [1.165, 1.54) is 0 Å². The minimum Gasteiger partial charge on any atom is -0.493 e. The Balaban J connectivity index is 1.86. The summed E-state index contributed by atoms with van der Waals surface area (Å²) in [4.78, 5) is 19.0. The van der Waals surface area contributed by atoms with Crippen molar-refractivity contribution >= 4 is 39.6 Å². The Labute approximate surface area is 147 Å². The minimum absolute atomic E-state index is 0.122. The molecular formula is C17H14BrN3O3. The molecule has 6 nitrogen and oxygen atoms in total. The monoisotopic (exact) mass is 387 g/mol. The number of benzene rings is 2. The van der Waals surface area contributed by atoms with Gasteiger partial charge in [0.2, 0.25) is 0 Å². The molecule has 2 aromatic carbocycles. The molecule has 2 aromatic rings. The minimum atomic E-state index is -0.335. The lowest BCUT2D eigenvalue weighted by atomic mass is 10.0. The standard InChI is InChI=1S/C17H14BrN3O3/c1-23-14-6-10-12(7-15(14)24-2)19-8-21-13-4-3-9(18)5-11(13)17(22)20-16(10)21/h3-8,16H,1-2H3,(H,20,22). The zero-order valence-corrected chi connectivity index (χ0v) is 14.6. The molecule has 0 bridgehead atoms. The average Bonchev–Trinajstić information content (AvgIpc) is 2.60. The molecule has 1 atom stereocenters. The van der Waals surface area contributed by atoms with Crippen LogP contribution in [0.2, 0.25) is 0 Å². The second kappa shape index (κ2) is 5.52. The molecule has 0 radical (unpaired) electrons. The van der Waals surface area contributed by atoms with E-state index in [0.717, 1.165) is 21.4 Å². The van der Waals surface area contributed by atoms with Crippen molar-refractivity contribution in [2.75, 3.05) is 19.1 Å². The maximum absolute atomic E-state index is 12.5. The van der Waals surface area contributed by atoms with Gasteiger partial charge >= 0.3 is 0 Å². The summed E-state index contributed by atoms with van der Waals surface area (Å²) >= 11 is 3.40. The summed E-state index contributed by atoms with van der Waals surface area (Å²) in [6, 6.07) is 9.28. The van der Waals surface area contributed by atoms with Crippen molar-refractivity contribution in [1.82, 2.24) is 5.32 Å². The van der Waals surface area contributed by atoms with Gasteiger partial charge in [0.15, 0.2) is 11.5 Å². The third kappa shape index (κ3) is 2.16. The first-order valence-electron chi connectivity index (χ1n) is 7.31. The first-order chi connectivity index (χ1) is 11.6. The molecule has 0 spiro atoms. The highest BCUT2D eigenvalue weighted by Gasteiger charge is 2.35. The van der Waals surface area contributed by atoms with Crippen molar-refractivity contribution < 1.29 is 14.3 Å². The van der Waals surface area contributed by atoms with Gasteiger partial charge in [0.25, 0.3) is 5.91 Å². The van der Waals surface area contributed by atoms with Gasteiger partial charge in [-0.15, -0.1) is 0 Å². The van der Waals surface area contributed by atoms with Crippen LogP contribution < -0.4 is 19.7 Å². The maximum atomic E-state index is 12.5. The molecule has 0 aliphatic carbocycles. The molecule has 0 fully saturated rings. The number of nitrogens with zero attached hydrogens (tertiary/aromatic N) is 2. The first kappa shape index (κ1) is 15.0. The van der Waals surface area contributed by atoms with Gasteiger partial charge in [-0.05, 0) is 24.3 Å². The fourth-order valence-electron chi connectivity index (χ4n) is 3.02. The number of amides is 1. The molecule has 2 aliphatic rings. The van der Waals surface area contributed by atoms with Crippen LogP contribution in [0.4, 0.5) is 11.4 Å². The second-order valence-electron chi connectivity index (χ2n) is 5.46. The summed E-state index contributed by atoms with van der Waals surface area (Å²) in [5.41, 5.74) is 3.03. The molecule has 7 heteroatoms. The van der Waals surface area contributed by atoms with Crippen LogP contribution in [0.3, 0.4) is 0 Å². The summed E-state index contributed by atoms with van der Waals surface area (Å²) < 4.78 is 11.6. The number of hydrogen-bond acceptors (Lipinski definition) is 5. The summed E-state index contributed by atoms with van der Waals surface area (Å²) in [7, 11) is 3.17. The normalized spacial score (nSPS) is 17.5. The van der Waals surface area contributed by atoms with E-state index < -0.39 is 0 Å². The van der Waals surface area contributed by atoms with Crippen LogP contribution >= 0.6 is 15.9 Å². The summed E-state index contributed by atoms with van der Waals surface area (Å²) in [5, 5.41) is 3.03. The Morgan fingerprint density at radius 2 is 1.92 bits per heavy atom. The summed E-state index contributed by atoms with van der Waals surface area (Å²) in [6.07, 6.45) is 1.39. The Hall–Kier alpha value is -2.54. The van der Waals surface area contributed by atoms with Gasteiger partial charge in [0, 0.05) is 16.1 Å². The summed E-state index contributed by atoms with van der Waals surface area (Å²) in [6.45, 7) is 0. The van der Waals surface area contributed by atoms with Gasteiger partial charge in [0.1, 0.15) is 6.17 Å². The number of hydrogen-bond donors (Lipinski definition) is 1. The smallest absolute Gasteiger partial charge is 0.255 e. The largest absolute Gasteiger partial charge is 0.493 e. The van der Waals surface area contributed by atoms with Crippen molar-refractivity contribution in [3.8, 4) is 11.5 Å². The van der Waals surface area contributed by atoms with Crippen molar-refractivity contribution in [3.63, 3.8) is 0 Å². The number of ether oxygens (including phenoxy) is 2. The lowest BCUT2D eigenvalue weighted by molar-refractivity contribution is 0.0930. The quantitative estimate of drug-likeness (QED) is 0.857. The van der Waals surface area contributed by atoms with Crippen LogP contribution in [0, 0.1) is 0 Å². The van der Waals surface area contributed by atoms with Crippen LogP contribution in [0.25, 0.3) is 0 Å². The molecule has 2 aliphatic heterocycles. The van der Waals surface area contributed by atoms with Crippen molar-refractivity contribution in [2.24, 2.45) is 4.99 Å². The third-order valence-corrected chi connectivity index (χ3v) is 4.67. The molecule has 0 saturated heterocycles. The Bertz CT molecular complexity index is 882. The highest BCUT2D eigenvalue weighted by molar-refractivity contribution is 9.10. The second-order valence-corrected chi connectivity index (χ2v) is 6.37. The predicted octanol–water partition coefficient (Wildman–Crippen LogP) is 3.39. The lowest BCUT2D eigenvalue weighted by Gasteiger charge is -2.39. The molecule has 2 heterocycles. The highest BCUT2D eigenvalue weighted by atomic mass is 79.9. The van der Waals surface area contributed by atoms with Gasteiger partial charge in [-0.1, -0.05) is 15.9 Å². The topological polar surface area (TPSA) is 63.2 Å². The zero-order chi connectivity index (χ0) is 16.8. The average molecular weight is 388 g/mol.